The lowest BCUT2D eigenvalue weighted by molar-refractivity contribution is -0.160. The number of carboxylic acids is 1. The van der Waals surface area contributed by atoms with Gasteiger partial charge in [-0.3, -0.25) is 4.79 Å². The summed E-state index contributed by atoms with van der Waals surface area (Å²) in [5.41, 5.74) is -0.313. The molecule has 1 N–H and O–H groups in total. The number of hydrogen-bond acceptors (Lipinski definition) is 4. The Kier molecular flexibility index (Phi) is 5.70. The molecule has 1 saturated carbocycles. The van der Waals surface area contributed by atoms with Crippen LogP contribution in [0.4, 0.5) is 0 Å². The van der Waals surface area contributed by atoms with Crippen molar-refractivity contribution in [3.8, 4) is 11.5 Å². The van der Waals surface area contributed by atoms with E-state index in [-0.39, 0.29) is 12.3 Å². The van der Waals surface area contributed by atoms with E-state index >= 15 is 0 Å². The fourth-order valence-electron chi connectivity index (χ4n) is 3.35. The Morgan fingerprint density at radius 1 is 1.12 bits per heavy atom. The molecule has 24 heavy (non-hydrogen) atoms. The predicted molar refractivity (Wildman–Crippen MR) is 89.5 cm³/mol. The van der Waals surface area contributed by atoms with Gasteiger partial charge in [0.15, 0.2) is 11.5 Å². The molecule has 0 atom stereocenters. The van der Waals surface area contributed by atoms with Gasteiger partial charge >= 0.3 is 5.97 Å². The average Bonchev–Trinajstić information content (AvgIpc) is 2.61. The first-order valence-electron chi connectivity index (χ1n) is 8.15. The van der Waals surface area contributed by atoms with Crippen LogP contribution in [0.2, 0.25) is 0 Å². The highest BCUT2D eigenvalue weighted by Crippen LogP contribution is 2.34. The van der Waals surface area contributed by atoms with Gasteiger partial charge < -0.3 is 19.5 Å². The van der Waals surface area contributed by atoms with Crippen LogP contribution >= 0.6 is 0 Å². The highest BCUT2D eigenvalue weighted by atomic mass is 16.5. The summed E-state index contributed by atoms with van der Waals surface area (Å²) in [6.07, 6.45) is 3.84. The number of carbonyl (C=O) groups is 2. The van der Waals surface area contributed by atoms with E-state index in [9.17, 15) is 14.7 Å². The number of rotatable bonds is 6. The van der Waals surface area contributed by atoms with E-state index < -0.39 is 11.5 Å². The molecular formula is C18H25NO5. The molecule has 0 heterocycles. The van der Waals surface area contributed by atoms with Gasteiger partial charge in [0.25, 0.3) is 0 Å². The Balaban J connectivity index is 2.17. The molecule has 132 valence electrons. The van der Waals surface area contributed by atoms with E-state index in [1.807, 2.05) is 0 Å². The number of nitrogens with zero attached hydrogens (tertiary/aromatic N) is 1. The molecule has 0 aromatic heterocycles. The van der Waals surface area contributed by atoms with Gasteiger partial charge in [-0.15, -0.1) is 0 Å². The number of likely N-dealkylation sites (N-methyl/N-ethyl adjacent to an activating group) is 1. The number of aliphatic carboxylic acids is 1. The second kappa shape index (κ2) is 7.55. The first-order chi connectivity index (χ1) is 11.4. The number of benzene rings is 1. The zero-order valence-electron chi connectivity index (χ0n) is 14.5. The van der Waals surface area contributed by atoms with E-state index in [1.165, 1.54) is 12.0 Å². The van der Waals surface area contributed by atoms with E-state index in [0.29, 0.717) is 24.3 Å². The molecule has 0 aliphatic heterocycles. The Labute approximate surface area is 142 Å². The Hall–Kier alpha value is -2.24. The van der Waals surface area contributed by atoms with E-state index in [1.54, 1.807) is 32.4 Å². The summed E-state index contributed by atoms with van der Waals surface area (Å²) in [4.78, 5) is 25.9. The fourth-order valence-corrected chi connectivity index (χ4v) is 3.35. The van der Waals surface area contributed by atoms with Crippen molar-refractivity contribution in [2.75, 3.05) is 21.3 Å². The van der Waals surface area contributed by atoms with Gasteiger partial charge in [-0.2, -0.15) is 0 Å². The second-order valence-corrected chi connectivity index (χ2v) is 6.22. The van der Waals surface area contributed by atoms with Gasteiger partial charge in [-0.05, 0) is 30.5 Å². The zero-order valence-corrected chi connectivity index (χ0v) is 14.5. The molecular weight excluding hydrogens is 310 g/mol. The molecule has 0 bridgehead atoms. The monoisotopic (exact) mass is 335 g/mol. The summed E-state index contributed by atoms with van der Waals surface area (Å²) < 4.78 is 10.4. The van der Waals surface area contributed by atoms with Crippen molar-refractivity contribution in [3.05, 3.63) is 23.8 Å². The van der Waals surface area contributed by atoms with Crippen LogP contribution in [0, 0.1) is 0 Å². The van der Waals surface area contributed by atoms with Crippen molar-refractivity contribution < 1.29 is 24.2 Å². The molecule has 1 aromatic rings. The molecule has 0 radical (unpaired) electrons. The lowest BCUT2D eigenvalue weighted by atomic mass is 9.80. The van der Waals surface area contributed by atoms with Crippen molar-refractivity contribution in [3.63, 3.8) is 0 Å². The smallest absolute Gasteiger partial charge is 0.329 e. The maximum Gasteiger partial charge on any atom is 0.329 e. The van der Waals surface area contributed by atoms with Crippen LogP contribution in [0.15, 0.2) is 18.2 Å². The minimum Gasteiger partial charge on any atom is -0.493 e. The highest BCUT2D eigenvalue weighted by Gasteiger charge is 2.45. The van der Waals surface area contributed by atoms with Crippen molar-refractivity contribution in [2.24, 2.45) is 0 Å². The van der Waals surface area contributed by atoms with Gasteiger partial charge in [0.2, 0.25) is 5.91 Å². The quantitative estimate of drug-likeness (QED) is 0.864. The predicted octanol–water partition coefficient (Wildman–Crippen LogP) is 2.49. The van der Waals surface area contributed by atoms with Crippen molar-refractivity contribution in [2.45, 2.75) is 44.1 Å². The Morgan fingerprint density at radius 2 is 1.75 bits per heavy atom. The summed E-state index contributed by atoms with van der Waals surface area (Å²) in [6.45, 7) is 0. The van der Waals surface area contributed by atoms with Crippen LogP contribution in [0.25, 0.3) is 0 Å². The number of carbonyl (C=O) groups excluding carboxylic acids is 1. The number of ether oxygens (including phenoxy) is 2. The van der Waals surface area contributed by atoms with Gasteiger partial charge in [0.1, 0.15) is 5.54 Å². The maximum absolute atomic E-state index is 12.7. The maximum atomic E-state index is 12.7. The van der Waals surface area contributed by atoms with Gasteiger partial charge in [0, 0.05) is 7.05 Å². The van der Waals surface area contributed by atoms with Crippen molar-refractivity contribution >= 4 is 11.9 Å². The fraction of sp³-hybridized carbons (Fsp3) is 0.556. The Bertz CT molecular complexity index is 607. The van der Waals surface area contributed by atoms with Crippen LogP contribution < -0.4 is 9.47 Å². The molecule has 1 fully saturated rings. The van der Waals surface area contributed by atoms with Crippen LogP contribution in [0.1, 0.15) is 37.7 Å². The van der Waals surface area contributed by atoms with Crippen molar-refractivity contribution in [1.82, 2.24) is 4.90 Å². The Morgan fingerprint density at radius 3 is 2.29 bits per heavy atom. The number of carboxylic acid groups (broad SMARTS) is 1. The first kappa shape index (κ1) is 18.1. The molecule has 0 spiro atoms. The minimum absolute atomic E-state index is 0.131. The highest BCUT2D eigenvalue weighted by molar-refractivity contribution is 5.88. The molecule has 1 aliphatic carbocycles. The largest absolute Gasteiger partial charge is 0.493 e. The van der Waals surface area contributed by atoms with Crippen LogP contribution in [-0.2, 0) is 16.0 Å². The van der Waals surface area contributed by atoms with E-state index in [0.717, 1.165) is 24.8 Å². The van der Waals surface area contributed by atoms with Crippen molar-refractivity contribution in [1.29, 1.82) is 0 Å². The van der Waals surface area contributed by atoms with Gasteiger partial charge in [-0.1, -0.05) is 25.3 Å². The number of amides is 1. The molecule has 1 amide bonds. The van der Waals surface area contributed by atoms with Crippen LogP contribution in [-0.4, -0.2) is 48.7 Å². The molecule has 1 aromatic carbocycles. The molecule has 6 heteroatoms. The minimum atomic E-state index is -1.08. The summed E-state index contributed by atoms with van der Waals surface area (Å²) in [5, 5.41) is 9.69. The summed E-state index contributed by atoms with van der Waals surface area (Å²) in [5.74, 6) is 0.0317. The summed E-state index contributed by atoms with van der Waals surface area (Å²) >= 11 is 0. The molecule has 0 unspecified atom stereocenters. The second-order valence-electron chi connectivity index (χ2n) is 6.22. The molecule has 1 aliphatic rings. The van der Waals surface area contributed by atoms with E-state index in [4.69, 9.17) is 9.47 Å². The third-order valence-corrected chi connectivity index (χ3v) is 4.90. The summed E-state index contributed by atoms with van der Waals surface area (Å²) in [6, 6.07) is 5.29. The average molecular weight is 335 g/mol. The van der Waals surface area contributed by atoms with E-state index in [2.05, 4.69) is 0 Å². The third kappa shape index (κ3) is 3.47. The number of methoxy groups -OCH3 is 2. The third-order valence-electron chi connectivity index (χ3n) is 4.90. The molecule has 6 nitrogen and oxygen atoms in total. The standard InChI is InChI=1S/C18H25NO5/c1-19(18(17(21)22)9-5-4-6-10-18)16(20)12-13-7-8-14(23-2)15(11-13)24-3/h7-8,11H,4-6,9-10,12H2,1-3H3,(H,21,22). The summed E-state index contributed by atoms with van der Waals surface area (Å²) in [7, 11) is 4.69. The molecule has 0 saturated heterocycles. The molecule has 2 rings (SSSR count). The topological polar surface area (TPSA) is 76.1 Å². The SMILES string of the molecule is COc1ccc(CC(=O)N(C)C2(C(=O)O)CCCCC2)cc1OC. The van der Waals surface area contributed by atoms with Crippen LogP contribution in [0.5, 0.6) is 11.5 Å². The normalized spacial score (nSPS) is 16.3. The first-order valence-corrected chi connectivity index (χ1v) is 8.15. The lowest BCUT2D eigenvalue weighted by Crippen LogP contribution is -2.56. The van der Waals surface area contributed by atoms with Crippen LogP contribution in [0.3, 0.4) is 0 Å². The number of hydrogen-bond donors (Lipinski definition) is 1. The van der Waals surface area contributed by atoms with Gasteiger partial charge in [0.05, 0.1) is 20.6 Å². The zero-order chi connectivity index (χ0) is 17.7. The van der Waals surface area contributed by atoms with Gasteiger partial charge in [-0.25, -0.2) is 4.79 Å². The lowest BCUT2D eigenvalue weighted by Gasteiger charge is -2.41.